The highest BCUT2D eigenvalue weighted by atomic mass is 16.7. The standard InChI is InChI=1S/C7H15N5O4/c1-16-6(13)5(8)3-2-4-10-7(9)11-12(14)15/h5H,2-4,8H2,1H3,(H3,9,10,11)/p+1. The number of ether oxygens (including phenoxy) is 1. The molecule has 0 fully saturated rings. The van der Waals surface area contributed by atoms with E-state index in [1.54, 1.807) is 0 Å². The molecule has 16 heavy (non-hydrogen) atoms. The zero-order chi connectivity index (χ0) is 12.6. The first-order chi connectivity index (χ1) is 7.47. The summed E-state index contributed by atoms with van der Waals surface area (Å²) in [5, 5.41) is 14.4. The van der Waals surface area contributed by atoms with Crippen LogP contribution in [0.25, 0.3) is 0 Å². The van der Waals surface area contributed by atoms with E-state index in [1.165, 1.54) is 7.11 Å². The van der Waals surface area contributed by atoms with Crippen LogP contribution in [-0.2, 0) is 9.53 Å². The molecular formula is C7H16N5O4+. The number of nitrogens with two attached hydrogens (primary N) is 1. The monoisotopic (exact) mass is 234 g/mol. The number of nitro groups is 1. The number of hydrogen-bond acceptors (Lipinski definition) is 4. The first kappa shape index (κ1) is 14.1. The van der Waals surface area contributed by atoms with Gasteiger partial charge in [-0.3, -0.25) is 0 Å². The molecule has 0 aliphatic carbocycles. The van der Waals surface area contributed by atoms with Gasteiger partial charge in [-0.2, -0.15) is 0 Å². The predicted octanol–water partition coefficient (Wildman–Crippen LogP) is -2.35. The summed E-state index contributed by atoms with van der Waals surface area (Å²) in [6, 6.07) is -0.444. The van der Waals surface area contributed by atoms with Crippen molar-refractivity contribution in [1.29, 1.82) is 0 Å². The number of hydrazone groups is 1. The summed E-state index contributed by atoms with van der Waals surface area (Å²) in [6.07, 6.45) is 1.09. The Morgan fingerprint density at radius 2 is 2.38 bits per heavy atom. The fourth-order valence-corrected chi connectivity index (χ4v) is 0.973. The van der Waals surface area contributed by atoms with Gasteiger partial charge in [-0.1, -0.05) is 0 Å². The predicted molar refractivity (Wildman–Crippen MR) is 54.5 cm³/mol. The molecule has 0 aromatic carbocycles. The van der Waals surface area contributed by atoms with E-state index < -0.39 is 11.1 Å². The maximum absolute atomic E-state index is 10.9. The quantitative estimate of drug-likeness (QED) is 0.117. The molecule has 0 rings (SSSR count). The van der Waals surface area contributed by atoms with Crippen LogP contribution in [0.3, 0.4) is 0 Å². The molecule has 0 spiro atoms. The summed E-state index contributed by atoms with van der Waals surface area (Å²) < 4.78 is 4.48. The molecule has 0 heterocycles. The van der Waals surface area contributed by atoms with Crippen LogP contribution in [0.2, 0.25) is 0 Å². The van der Waals surface area contributed by atoms with Crippen molar-refractivity contribution in [1.82, 2.24) is 5.32 Å². The minimum Gasteiger partial charge on any atom is -0.465 e. The largest absolute Gasteiger partial charge is 0.465 e. The van der Waals surface area contributed by atoms with Gasteiger partial charge in [-0.25, -0.2) is 14.9 Å². The molecule has 0 aromatic rings. The zero-order valence-electron chi connectivity index (χ0n) is 9.01. The minimum absolute atomic E-state index is 0.260. The summed E-state index contributed by atoms with van der Waals surface area (Å²) in [5.74, 6) is -0.643. The summed E-state index contributed by atoms with van der Waals surface area (Å²) >= 11 is 0. The van der Waals surface area contributed by atoms with Gasteiger partial charge in [0.1, 0.15) is 5.10 Å². The second kappa shape index (κ2) is 7.40. The smallest absolute Gasteiger partial charge is 0.364 e. The SMILES string of the molecule is COC(=O)C([NH3+])CCCNC(N)=N[N+](=O)[O-]. The van der Waals surface area contributed by atoms with Crippen molar-refractivity contribution in [3.63, 3.8) is 0 Å². The lowest BCUT2D eigenvalue weighted by Gasteiger charge is -2.06. The van der Waals surface area contributed by atoms with Gasteiger partial charge in [0.15, 0.2) is 11.1 Å². The number of quaternary nitrogens is 1. The van der Waals surface area contributed by atoms with E-state index in [0.717, 1.165) is 0 Å². The van der Waals surface area contributed by atoms with Crippen LogP contribution in [0.15, 0.2) is 5.10 Å². The molecular weight excluding hydrogens is 218 g/mol. The summed E-state index contributed by atoms with van der Waals surface area (Å²) in [6.45, 7) is 0.381. The van der Waals surface area contributed by atoms with Gasteiger partial charge in [0.05, 0.1) is 7.11 Å². The van der Waals surface area contributed by atoms with Crippen molar-refractivity contribution in [2.45, 2.75) is 18.9 Å². The highest BCUT2D eigenvalue weighted by Gasteiger charge is 2.16. The van der Waals surface area contributed by atoms with E-state index in [9.17, 15) is 14.9 Å². The molecule has 9 nitrogen and oxygen atoms in total. The second-order valence-electron chi connectivity index (χ2n) is 3.01. The maximum Gasteiger partial charge on any atom is 0.364 e. The van der Waals surface area contributed by atoms with Gasteiger partial charge in [0.25, 0.3) is 5.96 Å². The van der Waals surface area contributed by atoms with Crippen molar-refractivity contribution in [3.05, 3.63) is 10.1 Å². The topological polar surface area (TPSA) is 147 Å². The number of methoxy groups -OCH3 is 1. The van der Waals surface area contributed by atoms with E-state index >= 15 is 0 Å². The first-order valence-electron chi connectivity index (χ1n) is 4.60. The summed E-state index contributed by atoms with van der Waals surface area (Å²) in [4.78, 5) is 20.8. The van der Waals surface area contributed by atoms with E-state index in [2.05, 4.69) is 20.9 Å². The van der Waals surface area contributed by atoms with Gasteiger partial charge in [-0.15, -0.1) is 0 Å². The Bertz CT molecular complexity index is 280. The van der Waals surface area contributed by atoms with Gasteiger partial charge in [0.2, 0.25) is 0 Å². The number of esters is 1. The second-order valence-corrected chi connectivity index (χ2v) is 3.01. The van der Waals surface area contributed by atoms with Crippen molar-refractivity contribution < 1.29 is 20.3 Å². The zero-order valence-corrected chi connectivity index (χ0v) is 9.01. The minimum atomic E-state index is -0.888. The molecule has 9 heteroatoms. The molecule has 0 saturated heterocycles. The molecule has 0 bridgehead atoms. The Morgan fingerprint density at radius 1 is 1.75 bits per heavy atom. The molecule has 0 aliphatic heterocycles. The van der Waals surface area contributed by atoms with Crippen molar-refractivity contribution >= 4 is 11.9 Å². The van der Waals surface area contributed by atoms with E-state index in [0.29, 0.717) is 19.4 Å². The van der Waals surface area contributed by atoms with Crippen LogP contribution in [-0.4, -0.2) is 36.7 Å². The van der Waals surface area contributed by atoms with Crippen LogP contribution in [0, 0.1) is 10.1 Å². The van der Waals surface area contributed by atoms with Crippen LogP contribution in [0.5, 0.6) is 0 Å². The molecule has 1 atom stereocenters. The van der Waals surface area contributed by atoms with Crippen LogP contribution in [0.4, 0.5) is 0 Å². The van der Waals surface area contributed by atoms with E-state index in [1.807, 2.05) is 0 Å². The Morgan fingerprint density at radius 3 is 2.88 bits per heavy atom. The molecule has 0 saturated carbocycles. The maximum atomic E-state index is 10.9. The van der Waals surface area contributed by atoms with E-state index in [4.69, 9.17) is 5.73 Å². The van der Waals surface area contributed by atoms with Crippen LogP contribution >= 0.6 is 0 Å². The number of guanidine groups is 1. The number of hydrogen-bond donors (Lipinski definition) is 3. The Kier molecular flexibility index (Phi) is 6.52. The number of nitrogens with zero attached hydrogens (tertiary/aromatic N) is 2. The normalized spacial score (nSPS) is 13.0. The van der Waals surface area contributed by atoms with Gasteiger partial charge >= 0.3 is 5.97 Å². The highest BCUT2D eigenvalue weighted by molar-refractivity contribution is 5.77. The third-order valence-corrected chi connectivity index (χ3v) is 1.76. The third kappa shape index (κ3) is 6.54. The molecule has 1 unspecified atom stereocenters. The Hall–Kier alpha value is -1.90. The third-order valence-electron chi connectivity index (χ3n) is 1.76. The number of carbonyl (C=O) groups excluding carboxylic acids is 1. The average Bonchev–Trinajstić information content (AvgIpc) is 2.21. The molecule has 0 radical (unpaired) electrons. The lowest BCUT2D eigenvalue weighted by atomic mass is 10.2. The first-order valence-corrected chi connectivity index (χ1v) is 4.60. The lowest BCUT2D eigenvalue weighted by Crippen LogP contribution is -2.65. The molecule has 0 amide bonds. The van der Waals surface area contributed by atoms with Crippen molar-refractivity contribution in [2.75, 3.05) is 13.7 Å². The van der Waals surface area contributed by atoms with Gasteiger partial charge in [-0.05, 0) is 6.42 Å². The molecule has 0 aliphatic rings. The van der Waals surface area contributed by atoms with Crippen LogP contribution in [0.1, 0.15) is 12.8 Å². The van der Waals surface area contributed by atoms with Crippen LogP contribution < -0.4 is 16.8 Å². The summed E-state index contributed by atoms with van der Waals surface area (Å²) in [5.41, 5.74) is 8.77. The molecule has 6 N–H and O–H groups in total. The fourth-order valence-electron chi connectivity index (χ4n) is 0.973. The number of rotatable bonds is 6. The number of carbonyl (C=O) groups is 1. The molecule has 0 aromatic heterocycles. The molecule has 92 valence electrons. The average molecular weight is 234 g/mol. The van der Waals surface area contributed by atoms with Gasteiger partial charge < -0.3 is 21.5 Å². The van der Waals surface area contributed by atoms with E-state index in [-0.39, 0.29) is 11.9 Å². The highest BCUT2D eigenvalue weighted by Crippen LogP contribution is 1.93. The fraction of sp³-hybridized carbons (Fsp3) is 0.714. The van der Waals surface area contributed by atoms with Gasteiger partial charge in [0, 0.05) is 13.0 Å². The Balaban J connectivity index is 3.68. The lowest BCUT2D eigenvalue weighted by molar-refractivity contribution is -0.485. The summed E-state index contributed by atoms with van der Waals surface area (Å²) in [7, 11) is 1.29. The van der Waals surface area contributed by atoms with Crippen molar-refractivity contribution in [3.8, 4) is 0 Å². The van der Waals surface area contributed by atoms with Crippen molar-refractivity contribution in [2.24, 2.45) is 10.8 Å². The Labute approximate surface area is 92.0 Å². The number of nitrogens with one attached hydrogen (secondary N) is 1.